The second-order valence-electron chi connectivity index (χ2n) is 5.52. The second-order valence-corrected chi connectivity index (χ2v) is 5.52. The number of carbonyl (C=O) groups is 2. The molecule has 1 aromatic heterocycles. The molecule has 0 radical (unpaired) electrons. The third-order valence-electron chi connectivity index (χ3n) is 3.35. The SMILES string of the molecule is CC(C)OCCNC(=O)NC1CCN(c2cnn(C)c2)C1=O. The van der Waals surface area contributed by atoms with Gasteiger partial charge in [0.25, 0.3) is 0 Å². The Morgan fingerprint density at radius 2 is 2.32 bits per heavy atom. The highest BCUT2D eigenvalue weighted by molar-refractivity contribution is 6.00. The van der Waals surface area contributed by atoms with Crippen LogP contribution in [0, 0.1) is 0 Å². The summed E-state index contributed by atoms with van der Waals surface area (Å²) in [7, 11) is 1.80. The maximum atomic E-state index is 12.3. The van der Waals surface area contributed by atoms with Crippen molar-refractivity contribution in [2.24, 2.45) is 7.05 Å². The van der Waals surface area contributed by atoms with Gasteiger partial charge in [0.2, 0.25) is 5.91 Å². The summed E-state index contributed by atoms with van der Waals surface area (Å²) >= 11 is 0. The molecule has 0 aliphatic carbocycles. The minimum atomic E-state index is -0.494. The summed E-state index contributed by atoms with van der Waals surface area (Å²) in [6.45, 7) is 5.31. The zero-order valence-electron chi connectivity index (χ0n) is 13.2. The van der Waals surface area contributed by atoms with Gasteiger partial charge in [0.15, 0.2) is 0 Å². The van der Waals surface area contributed by atoms with Crippen molar-refractivity contribution in [3.8, 4) is 0 Å². The van der Waals surface area contributed by atoms with Crippen LogP contribution in [0.4, 0.5) is 10.5 Å². The van der Waals surface area contributed by atoms with Gasteiger partial charge >= 0.3 is 6.03 Å². The van der Waals surface area contributed by atoms with Gasteiger partial charge in [-0.3, -0.25) is 9.48 Å². The standard InChI is InChI=1S/C14H23N5O3/c1-10(2)22-7-5-15-14(21)17-12-4-6-19(13(12)20)11-8-16-18(3)9-11/h8-10,12H,4-7H2,1-3H3,(H2,15,17,21). The van der Waals surface area contributed by atoms with Crippen molar-refractivity contribution in [1.82, 2.24) is 20.4 Å². The van der Waals surface area contributed by atoms with E-state index in [1.165, 1.54) is 0 Å². The highest BCUT2D eigenvalue weighted by atomic mass is 16.5. The lowest BCUT2D eigenvalue weighted by atomic mass is 10.2. The summed E-state index contributed by atoms with van der Waals surface area (Å²) in [5.41, 5.74) is 0.752. The molecule has 0 saturated carbocycles. The number of aromatic nitrogens is 2. The zero-order chi connectivity index (χ0) is 16.1. The normalized spacial score (nSPS) is 18.1. The first-order valence-corrected chi connectivity index (χ1v) is 7.43. The molecule has 0 aromatic carbocycles. The van der Waals surface area contributed by atoms with Crippen LogP contribution in [0.1, 0.15) is 20.3 Å². The predicted molar refractivity (Wildman–Crippen MR) is 81.6 cm³/mol. The zero-order valence-corrected chi connectivity index (χ0v) is 13.2. The lowest BCUT2D eigenvalue weighted by Gasteiger charge is -2.15. The number of nitrogens with zero attached hydrogens (tertiary/aromatic N) is 3. The first-order valence-electron chi connectivity index (χ1n) is 7.43. The van der Waals surface area contributed by atoms with Gasteiger partial charge in [-0.15, -0.1) is 0 Å². The third-order valence-corrected chi connectivity index (χ3v) is 3.35. The van der Waals surface area contributed by atoms with Gasteiger partial charge in [0, 0.05) is 26.3 Å². The van der Waals surface area contributed by atoms with E-state index in [9.17, 15) is 9.59 Å². The average molecular weight is 309 g/mol. The largest absolute Gasteiger partial charge is 0.377 e. The van der Waals surface area contributed by atoms with Crippen LogP contribution in [0.25, 0.3) is 0 Å². The topological polar surface area (TPSA) is 88.5 Å². The molecule has 0 spiro atoms. The van der Waals surface area contributed by atoms with Crippen molar-refractivity contribution in [1.29, 1.82) is 0 Å². The number of aryl methyl sites for hydroxylation is 1. The maximum Gasteiger partial charge on any atom is 0.315 e. The Kier molecular flexibility index (Phi) is 5.37. The summed E-state index contributed by atoms with van der Waals surface area (Å²) < 4.78 is 6.98. The van der Waals surface area contributed by atoms with Gasteiger partial charge in [-0.05, 0) is 20.3 Å². The lowest BCUT2D eigenvalue weighted by Crippen LogP contribution is -2.46. The third kappa shape index (κ3) is 4.20. The predicted octanol–water partition coefficient (Wildman–Crippen LogP) is 0.250. The van der Waals surface area contributed by atoms with Gasteiger partial charge in [0.1, 0.15) is 6.04 Å². The Balaban J connectivity index is 1.77. The summed E-state index contributed by atoms with van der Waals surface area (Å²) in [6.07, 6.45) is 4.14. The molecule has 1 atom stereocenters. The molecule has 1 unspecified atom stereocenters. The molecular weight excluding hydrogens is 286 g/mol. The molecule has 22 heavy (non-hydrogen) atoms. The van der Waals surface area contributed by atoms with Crippen LogP contribution >= 0.6 is 0 Å². The molecule has 122 valence electrons. The van der Waals surface area contributed by atoms with Gasteiger partial charge < -0.3 is 20.3 Å². The van der Waals surface area contributed by atoms with E-state index in [-0.39, 0.29) is 18.0 Å². The molecule has 1 aliphatic heterocycles. The van der Waals surface area contributed by atoms with E-state index < -0.39 is 6.04 Å². The Bertz CT molecular complexity index is 528. The molecule has 2 heterocycles. The molecule has 8 nitrogen and oxygen atoms in total. The summed E-state index contributed by atoms with van der Waals surface area (Å²) in [5.74, 6) is -0.110. The van der Waals surface area contributed by atoms with Gasteiger partial charge in [0.05, 0.1) is 24.6 Å². The van der Waals surface area contributed by atoms with Crippen LogP contribution in [0.5, 0.6) is 0 Å². The van der Waals surface area contributed by atoms with Crippen molar-refractivity contribution >= 4 is 17.6 Å². The second kappa shape index (κ2) is 7.26. The fourth-order valence-corrected chi connectivity index (χ4v) is 2.29. The molecule has 1 saturated heterocycles. The number of anilines is 1. The molecule has 2 N–H and O–H groups in total. The van der Waals surface area contributed by atoms with Crippen molar-refractivity contribution in [3.05, 3.63) is 12.4 Å². The van der Waals surface area contributed by atoms with Crippen LogP contribution in [-0.4, -0.2) is 53.6 Å². The van der Waals surface area contributed by atoms with Gasteiger partial charge in [-0.2, -0.15) is 5.10 Å². The van der Waals surface area contributed by atoms with Crippen molar-refractivity contribution in [2.75, 3.05) is 24.6 Å². The smallest absolute Gasteiger partial charge is 0.315 e. The van der Waals surface area contributed by atoms with Gasteiger partial charge in [-0.25, -0.2) is 4.79 Å². The van der Waals surface area contributed by atoms with E-state index in [0.29, 0.717) is 26.1 Å². The highest BCUT2D eigenvalue weighted by Gasteiger charge is 2.34. The van der Waals surface area contributed by atoms with Gasteiger partial charge in [-0.1, -0.05) is 0 Å². The monoisotopic (exact) mass is 309 g/mol. The number of hydrogen-bond acceptors (Lipinski definition) is 4. The highest BCUT2D eigenvalue weighted by Crippen LogP contribution is 2.20. The summed E-state index contributed by atoms with van der Waals surface area (Å²) in [5, 5.41) is 9.44. The molecule has 1 fully saturated rings. The van der Waals surface area contributed by atoms with E-state index in [0.717, 1.165) is 5.69 Å². The van der Waals surface area contributed by atoms with Crippen LogP contribution < -0.4 is 15.5 Å². The Morgan fingerprint density at radius 3 is 2.95 bits per heavy atom. The molecule has 2 rings (SSSR count). The average Bonchev–Trinajstić information content (AvgIpc) is 3.02. The molecule has 0 bridgehead atoms. The Hall–Kier alpha value is -2.09. The summed E-state index contributed by atoms with van der Waals surface area (Å²) in [6, 6.07) is -0.843. The molecule has 1 aliphatic rings. The first kappa shape index (κ1) is 16.3. The Morgan fingerprint density at radius 1 is 1.55 bits per heavy atom. The summed E-state index contributed by atoms with van der Waals surface area (Å²) in [4.78, 5) is 25.7. The minimum absolute atomic E-state index is 0.110. The fourth-order valence-electron chi connectivity index (χ4n) is 2.29. The quantitative estimate of drug-likeness (QED) is 0.737. The van der Waals surface area contributed by atoms with Crippen LogP contribution in [0.15, 0.2) is 12.4 Å². The number of rotatable bonds is 6. The maximum absolute atomic E-state index is 12.3. The lowest BCUT2D eigenvalue weighted by molar-refractivity contribution is -0.118. The number of amides is 3. The van der Waals surface area contributed by atoms with Crippen molar-refractivity contribution in [3.63, 3.8) is 0 Å². The number of hydrogen-bond donors (Lipinski definition) is 2. The van der Waals surface area contributed by atoms with E-state index in [2.05, 4.69) is 15.7 Å². The molecule has 8 heteroatoms. The van der Waals surface area contributed by atoms with Crippen molar-refractivity contribution < 1.29 is 14.3 Å². The van der Waals surface area contributed by atoms with Crippen LogP contribution in [0.2, 0.25) is 0 Å². The first-order chi connectivity index (χ1) is 10.5. The number of ether oxygens (including phenoxy) is 1. The van der Waals surface area contributed by atoms with E-state index in [1.54, 1.807) is 29.0 Å². The van der Waals surface area contributed by atoms with Crippen LogP contribution in [-0.2, 0) is 16.6 Å². The van der Waals surface area contributed by atoms with E-state index in [1.807, 2.05) is 13.8 Å². The minimum Gasteiger partial charge on any atom is -0.377 e. The number of urea groups is 1. The number of nitrogens with one attached hydrogen (secondary N) is 2. The molecule has 3 amide bonds. The molecular formula is C14H23N5O3. The Labute approximate surface area is 129 Å². The van der Waals surface area contributed by atoms with Crippen molar-refractivity contribution in [2.45, 2.75) is 32.4 Å². The number of carbonyl (C=O) groups excluding carboxylic acids is 2. The van der Waals surface area contributed by atoms with Crippen LogP contribution in [0.3, 0.4) is 0 Å². The van der Waals surface area contributed by atoms with E-state index >= 15 is 0 Å². The van der Waals surface area contributed by atoms with E-state index in [4.69, 9.17) is 4.74 Å². The molecule has 1 aromatic rings. The fraction of sp³-hybridized carbons (Fsp3) is 0.643.